The average molecular weight is 380 g/mol. The van der Waals surface area contributed by atoms with Crippen LogP contribution < -0.4 is 5.32 Å². The minimum Gasteiger partial charge on any atom is -0.449 e. The smallest absolute Gasteiger partial charge is 0.342 e. The van der Waals surface area contributed by atoms with Gasteiger partial charge in [-0.1, -0.05) is 36.4 Å². The molecule has 9 nitrogen and oxygen atoms in total. The predicted molar refractivity (Wildman–Crippen MR) is 101 cm³/mol. The number of carbonyl (C=O) groups is 2. The van der Waals surface area contributed by atoms with Gasteiger partial charge in [-0.2, -0.15) is 5.10 Å². The summed E-state index contributed by atoms with van der Waals surface area (Å²) in [6.45, 7) is 1.41. The Morgan fingerprint density at radius 3 is 2.64 bits per heavy atom. The van der Waals surface area contributed by atoms with Gasteiger partial charge in [0.1, 0.15) is 5.56 Å². The highest BCUT2D eigenvalue weighted by Gasteiger charge is 2.23. The van der Waals surface area contributed by atoms with Gasteiger partial charge < -0.3 is 10.1 Å². The van der Waals surface area contributed by atoms with Gasteiger partial charge in [-0.15, -0.1) is 0 Å². The number of non-ortho nitro benzene ring substituents is 1. The maximum atomic E-state index is 12.5. The Hall–Kier alpha value is -4.01. The Kier molecular flexibility index (Phi) is 5.45. The van der Waals surface area contributed by atoms with Crippen molar-refractivity contribution >= 4 is 23.3 Å². The van der Waals surface area contributed by atoms with E-state index in [0.717, 1.165) is 5.56 Å². The summed E-state index contributed by atoms with van der Waals surface area (Å²) < 4.78 is 5.22. The lowest BCUT2D eigenvalue weighted by molar-refractivity contribution is -0.384. The number of nitro benzene ring substituents is 1. The summed E-state index contributed by atoms with van der Waals surface area (Å²) in [5.41, 5.74) is 1.50. The molecular weight excluding hydrogens is 364 g/mol. The van der Waals surface area contributed by atoms with Crippen molar-refractivity contribution in [2.75, 3.05) is 5.32 Å². The monoisotopic (exact) mass is 380 g/mol. The maximum absolute atomic E-state index is 12.5. The SMILES string of the molecule is CC(OC(=O)c1cn[nH]c1-c1ccccc1)C(=O)Nc1cccc([N+](=O)[O-])c1. The van der Waals surface area contributed by atoms with Crippen molar-refractivity contribution in [3.05, 3.63) is 76.5 Å². The Bertz CT molecular complexity index is 1020. The number of anilines is 1. The molecule has 28 heavy (non-hydrogen) atoms. The lowest BCUT2D eigenvalue weighted by Crippen LogP contribution is -2.30. The third kappa shape index (κ3) is 4.21. The lowest BCUT2D eigenvalue weighted by Gasteiger charge is -2.13. The van der Waals surface area contributed by atoms with E-state index in [2.05, 4.69) is 15.5 Å². The third-order valence-corrected chi connectivity index (χ3v) is 3.90. The topological polar surface area (TPSA) is 127 Å². The molecule has 1 atom stereocenters. The van der Waals surface area contributed by atoms with Crippen molar-refractivity contribution in [3.8, 4) is 11.3 Å². The summed E-state index contributed by atoms with van der Waals surface area (Å²) >= 11 is 0. The number of rotatable bonds is 6. The minimum absolute atomic E-state index is 0.159. The van der Waals surface area contributed by atoms with E-state index in [1.54, 1.807) is 0 Å². The van der Waals surface area contributed by atoms with Crippen molar-refractivity contribution in [3.63, 3.8) is 0 Å². The number of esters is 1. The van der Waals surface area contributed by atoms with E-state index in [-0.39, 0.29) is 16.9 Å². The normalized spacial score (nSPS) is 11.5. The lowest BCUT2D eigenvalue weighted by atomic mass is 10.1. The van der Waals surface area contributed by atoms with Crippen molar-refractivity contribution in [2.24, 2.45) is 0 Å². The number of amides is 1. The van der Waals surface area contributed by atoms with Gasteiger partial charge in [0.15, 0.2) is 6.10 Å². The van der Waals surface area contributed by atoms with Crippen LogP contribution in [0, 0.1) is 10.1 Å². The molecule has 2 aromatic carbocycles. The van der Waals surface area contributed by atoms with E-state index in [9.17, 15) is 19.7 Å². The van der Waals surface area contributed by atoms with Crippen LogP contribution >= 0.6 is 0 Å². The first-order valence-corrected chi connectivity index (χ1v) is 8.31. The summed E-state index contributed by atoms with van der Waals surface area (Å²) in [5.74, 6) is -1.33. The summed E-state index contributed by atoms with van der Waals surface area (Å²) in [6.07, 6.45) is 0.209. The average Bonchev–Trinajstić information content (AvgIpc) is 3.19. The van der Waals surface area contributed by atoms with Gasteiger partial charge in [0.25, 0.3) is 11.6 Å². The zero-order chi connectivity index (χ0) is 20.1. The number of carbonyl (C=O) groups excluding carboxylic acids is 2. The van der Waals surface area contributed by atoms with Crippen molar-refractivity contribution in [1.29, 1.82) is 0 Å². The van der Waals surface area contributed by atoms with Gasteiger partial charge in [0.05, 0.1) is 16.8 Å². The second-order valence-electron chi connectivity index (χ2n) is 5.87. The molecule has 142 valence electrons. The third-order valence-electron chi connectivity index (χ3n) is 3.90. The number of nitrogens with one attached hydrogen (secondary N) is 2. The number of H-pyrrole nitrogens is 1. The number of hydrogen-bond donors (Lipinski definition) is 2. The highest BCUT2D eigenvalue weighted by atomic mass is 16.6. The number of hydrogen-bond acceptors (Lipinski definition) is 6. The number of aromatic nitrogens is 2. The molecule has 1 heterocycles. The molecule has 1 unspecified atom stereocenters. The van der Waals surface area contributed by atoms with Gasteiger partial charge in [-0.05, 0) is 13.0 Å². The van der Waals surface area contributed by atoms with Crippen LogP contribution in [0.1, 0.15) is 17.3 Å². The molecule has 3 rings (SSSR count). The fourth-order valence-electron chi connectivity index (χ4n) is 2.48. The Morgan fingerprint density at radius 1 is 1.18 bits per heavy atom. The molecule has 0 radical (unpaired) electrons. The fourth-order valence-corrected chi connectivity index (χ4v) is 2.48. The van der Waals surface area contributed by atoms with Crippen LogP contribution in [0.3, 0.4) is 0 Å². The van der Waals surface area contributed by atoms with E-state index >= 15 is 0 Å². The van der Waals surface area contributed by atoms with Crippen LogP contribution in [0.15, 0.2) is 60.8 Å². The molecule has 0 spiro atoms. The zero-order valence-corrected chi connectivity index (χ0v) is 14.8. The minimum atomic E-state index is -1.12. The fraction of sp³-hybridized carbons (Fsp3) is 0.105. The number of nitro groups is 1. The molecule has 0 aliphatic rings. The van der Waals surface area contributed by atoms with Crippen molar-refractivity contribution < 1.29 is 19.2 Å². The number of aromatic amines is 1. The Morgan fingerprint density at radius 2 is 1.93 bits per heavy atom. The molecule has 1 aromatic heterocycles. The van der Waals surface area contributed by atoms with Crippen molar-refractivity contribution in [2.45, 2.75) is 13.0 Å². The summed E-state index contributed by atoms with van der Waals surface area (Å²) in [6, 6.07) is 14.6. The first-order chi connectivity index (χ1) is 13.5. The molecule has 0 saturated carbocycles. The van der Waals surface area contributed by atoms with Crippen LogP contribution in [-0.2, 0) is 9.53 Å². The van der Waals surface area contributed by atoms with Gasteiger partial charge in [0, 0.05) is 23.4 Å². The second-order valence-corrected chi connectivity index (χ2v) is 5.87. The molecule has 1 amide bonds. The van der Waals surface area contributed by atoms with Crippen LogP contribution in [0.5, 0.6) is 0 Å². The van der Waals surface area contributed by atoms with Crippen molar-refractivity contribution in [1.82, 2.24) is 10.2 Å². The standard InChI is InChI=1S/C19H16N4O5/c1-12(18(24)21-14-8-5-9-15(10-14)23(26)27)28-19(25)16-11-20-22-17(16)13-6-3-2-4-7-13/h2-12H,1H3,(H,20,22)(H,21,24). The highest BCUT2D eigenvalue weighted by Crippen LogP contribution is 2.22. The highest BCUT2D eigenvalue weighted by molar-refractivity contribution is 5.99. The first-order valence-electron chi connectivity index (χ1n) is 8.31. The van der Waals surface area contributed by atoms with Crippen LogP contribution in [0.2, 0.25) is 0 Å². The molecular formula is C19H16N4O5. The quantitative estimate of drug-likeness (QED) is 0.384. The molecule has 2 N–H and O–H groups in total. The molecule has 0 aliphatic carbocycles. The largest absolute Gasteiger partial charge is 0.449 e. The van der Waals surface area contributed by atoms with E-state index < -0.39 is 22.9 Å². The maximum Gasteiger partial charge on any atom is 0.342 e. The summed E-state index contributed by atoms with van der Waals surface area (Å²) in [7, 11) is 0. The molecule has 0 bridgehead atoms. The molecule has 3 aromatic rings. The van der Waals surface area contributed by atoms with Crippen LogP contribution in [0.4, 0.5) is 11.4 Å². The summed E-state index contributed by atoms with van der Waals surface area (Å²) in [5, 5.41) is 19.9. The zero-order valence-electron chi connectivity index (χ0n) is 14.8. The molecule has 0 fully saturated rings. The Balaban J connectivity index is 1.68. The van der Waals surface area contributed by atoms with Gasteiger partial charge >= 0.3 is 5.97 Å². The van der Waals surface area contributed by atoms with E-state index in [4.69, 9.17) is 4.74 Å². The molecule has 9 heteroatoms. The number of nitrogens with zero attached hydrogens (tertiary/aromatic N) is 2. The van der Waals surface area contributed by atoms with Gasteiger partial charge in [-0.25, -0.2) is 4.79 Å². The van der Waals surface area contributed by atoms with Crippen LogP contribution in [-0.4, -0.2) is 33.1 Å². The van der Waals surface area contributed by atoms with Gasteiger partial charge in [0.2, 0.25) is 0 Å². The van der Waals surface area contributed by atoms with E-state index in [0.29, 0.717) is 5.69 Å². The first kappa shape index (κ1) is 18.8. The molecule has 0 aliphatic heterocycles. The van der Waals surface area contributed by atoms with E-state index in [1.165, 1.54) is 37.4 Å². The Labute approximate surface area is 159 Å². The van der Waals surface area contributed by atoms with Gasteiger partial charge in [-0.3, -0.25) is 20.0 Å². The second kappa shape index (κ2) is 8.12. The molecule has 0 saturated heterocycles. The number of ether oxygens (including phenoxy) is 1. The van der Waals surface area contributed by atoms with E-state index in [1.807, 2.05) is 30.3 Å². The predicted octanol–water partition coefficient (Wildman–Crippen LogP) is 3.17. The van der Waals surface area contributed by atoms with Crippen LogP contribution in [0.25, 0.3) is 11.3 Å². The summed E-state index contributed by atoms with van der Waals surface area (Å²) in [4.78, 5) is 35.0. The number of benzene rings is 2.